The van der Waals surface area contributed by atoms with E-state index in [-0.39, 0.29) is 18.1 Å². The summed E-state index contributed by atoms with van der Waals surface area (Å²) in [5.41, 5.74) is 1.85. The highest BCUT2D eigenvalue weighted by Crippen LogP contribution is 2.24. The summed E-state index contributed by atoms with van der Waals surface area (Å²) in [5, 5.41) is 11.3. The summed E-state index contributed by atoms with van der Waals surface area (Å²) in [6, 6.07) is 10.9. The summed E-state index contributed by atoms with van der Waals surface area (Å²) < 4.78 is 19.8. The van der Waals surface area contributed by atoms with Crippen molar-refractivity contribution in [2.75, 3.05) is 5.32 Å². The van der Waals surface area contributed by atoms with Gasteiger partial charge in [0, 0.05) is 23.4 Å². The Morgan fingerprint density at radius 2 is 2.03 bits per heavy atom. The summed E-state index contributed by atoms with van der Waals surface area (Å²) in [6.45, 7) is 0. The fourth-order valence-electron chi connectivity index (χ4n) is 2.83. The minimum Gasteiger partial charge on any atom is -0.339 e. The first-order chi connectivity index (χ1) is 14.6. The first-order valence-electron chi connectivity index (χ1n) is 9.11. The summed E-state index contributed by atoms with van der Waals surface area (Å²) in [6.07, 6.45) is 4.14. The van der Waals surface area contributed by atoms with Crippen LogP contribution in [0, 0.1) is 5.82 Å². The highest BCUT2D eigenvalue weighted by Gasteiger charge is 2.12. The molecule has 0 aliphatic rings. The zero-order chi connectivity index (χ0) is 20.9. The number of hydrogen-bond donors (Lipinski definition) is 1. The molecule has 2 heterocycles. The molecular weight excluding hydrogens is 411 g/mol. The molecular formula is C20H16ClFN6O2. The molecule has 30 heavy (non-hydrogen) atoms. The van der Waals surface area contributed by atoms with Crippen LogP contribution in [0.4, 0.5) is 10.1 Å². The van der Waals surface area contributed by atoms with Crippen molar-refractivity contribution in [2.24, 2.45) is 0 Å². The van der Waals surface area contributed by atoms with E-state index < -0.39 is 0 Å². The molecule has 0 radical (unpaired) electrons. The Morgan fingerprint density at radius 1 is 1.20 bits per heavy atom. The van der Waals surface area contributed by atoms with Gasteiger partial charge in [0.2, 0.25) is 17.6 Å². The van der Waals surface area contributed by atoms with E-state index in [1.807, 2.05) is 0 Å². The lowest BCUT2D eigenvalue weighted by atomic mass is 10.2. The number of carbonyl (C=O) groups is 1. The number of halogens is 2. The van der Waals surface area contributed by atoms with Gasteiger partial charge in [-0.3, -0.25) is 4.79 Å². The lowest BCUT2D eigenvalue weighted by Gasteiger charge is -2.11. The van der Waals surface area contributed by atoms with Crippen molar-refractivity contribution >= 4 is 23.2 Å². The topological polar surface area (TPSA) is 98.7 Å². The molecule has 0 bridgehead atoms. The van der Waals surface area contributed by atoms with Crippen molar-refractivity contribution in [2.45, 2.75) is 19.3 Å². The van der Waals surface area contributed by atoms with Crippen molar-refractivity contribution in [1.29, 1.82) is 0 Å². The Labute approximate surface area is 175 Å². The van der Waals surface area contributed by atoms with Crippen LogP contribution in [-0.2, 0) is 11.2 Å². The second-order valence-electron chi connectivity index (χ2n) is 6.42. The molecule has 0 atom stereocenters. The SMILES string of the molecule is O=C(CCCc1nc(-c2ccc(F)cc2)no1)Nc1cc(Cl)ccc1-n1cncn1. The van der Waals surface area contributed by atoms with Gasteiger partial charge in [0.1, 0.15) is 18.5 Å². The average Bonchev–Trinajstić information content (AvgIpc) is 3.41. The number of rotatable bonds is 7. The van der Waals surface area contributed by atoms with Crippen LogP contribution in [0.1, 0.15) is 18.7 Å². The van der Waals surface area contributed by atoms with Crippen LogP contribution in [0.5, 0.6) is 0 Å². The van der Waals surface area contributed by atoms with Gasteiger partial charge in [-0.25, -0.2) is 14.1 Å². The molecule has 4 aromatic rings. The fraction of sp³-hybridized carbons (Fsp3) is 0.150. The predicted molar refractivity (Wildman–Crippen MR) is 108 cm³/mol. The highest BCUT2D eigenvalue weighted by molar-refractivity contribution is 6.31. The van der Waals surface area contributed by atoms with E-state index in [2.05, 4.69) is 25.5 Å². The maximum atomic E-state index is 13.0. The average molecular weight is 427 g/mol. The molecule has 2 aromatic heterocycles. The number of amides is 1. The maximum absolute atomic E-state index is 13.0. The van der Waals surface area contributed by atoms with Gasteiger partial charge in [-0.2, -0.15) is 10.1 Å². The van der Waals surface area contributed by atoms with Crippen molar-refractivity contribution in [3.63, 3.8) is 0 Å². The minimum absolute atomic E-state index is 0.183. The zero-order valence-corrected chi connectivity index (χ0v) is 16.4. The van der Waals surface area contributed by atoms with E-state index in [9.17, 15) is 9.18 Å². The molecule has 4 rings (SSSR count). The summed E-state index contributed by atoms with van der Waals surface area (Å²) in [5.74, 6) is 0.274. The standard InChI is InChI=1S/C20H16ClFN6O2/c21-14-6-9-17(28-12-23-11-24-28)16(10-14)25-18(29)2-1-3-19-26-20(27-30-19)13-4-7-15(22)8-5-13/h4-12H,1-3H2,(H,25,29). The number of anilines is 1. The van der Waals surface area contributed by atoms with Gasteiger partial charge < -0.3 is 9.84 Å². The molecule has 1 amide bonds. The normalized spacial score (nSPS) is 10.9. The molecule has 0 fully saturated rings. The molecule has 0 saturated heterocycles. The third kappa shape index (κ3) is 4.69. The van der Waals surface area contributed by atoms with Crippen molar-refractivity contribution in [3.05, 3.63) is 71.8 Å². The second-order valence-corrected chi connectivity index (χ2v) is 6.86. The summed E-state index contributed by atoms with van der Waals surface area (Å²) in [4.78, 5) is 20.6. The molecule has 0 aliphatic carbocycles. The van der Waals surface area contributed by atoms with E-state index in [0.717, 1.165) is 0 Å². The fourth-order valence-corrected chi connectivity index (χ4v) is 3.00. The van der Waals surface area contributed by atoms with Gasteiger partial charge in [-0.05, 0) is 48.9 Å². The predicted octanol–water partition coefficient (Wildman–Crippen LogP) is 4.07. The van der Waals surface area contributed by atoms with Gasteiger partial charge >= 0.3 is 0 Å². The third-order valence-corrected chi connectivity index (χ3v) is 4.50. The largest absolute Gasteiger partial charge is 0.339 e. The van der Waals surface area contributed by atoms with Gasteiger partial charge in [-0.15, -0.1) is 0 Å². The molecule has 2 aromatic carbocycles. The zero-order valence-electron chi connectivity index (χ0n) is 15.6. The lowest BCUT2D eigenvalue weighted by molar-refractivity contribution is -0.116. The van der Waals surface area contributed by atoms with E-state index in [0.29, 0.717) is 46.5 Å². The van der Waals surface area contributed by atoms with Gasteiger partial charge in [0.05, 0.1) is 11.4 Å². The van der Waals surface area contributed by atoms with E-state index in [4.69, 9.17) is 16.1 Å². The van der Waals surface area contributed by atoms with Gasteiger partial charge in [0.15, 0.2) is 0 Å². The number of aryl methyl sites for hydroxylation is 1. The van der Waals surface area contributed by atoms with Crippen molar-refractivity contribution in [3.8, 4) is 17.1 Å². The molecule has 1 N–H and O–H groups in total. The molecule has 0 aliphatic heterocycles. The number of nitrogens with zero attached hydrogens (tertiary/aromatic N) is 5. The lowest BCUT2D eigenvalue weighted by Crippen LogP contribution is -2.14. The summed E-state index contributed by atoms with van der Waals surface area (Å²) >= 11 is 6.06. The molecule has 0 unspecified atom stereocenters. The Balaban J connectivity index is 1.34. The van der Waals surface area contributed by atoms with Crippen molar-refractivity contribution < 1.29 is 13.7 Å². The van der Waals surface area contributed by atoms with Crippen LogP contribution >= 0.6 is 11.6 Å². The van der Waals surface area contributed by atoms with Crippen LogP contribution in [-0.4, -0.2) is 30.8 Å². The highest BCUT2D eigenvalue weighted by atomic mass is 35.5. The minimum atomic E-state index is -0.333. The Morgan fingerprint density at radius 3 is 2.80 bits per heavy atom. The van der Waals surface area contributed by atoms with E-state index in [1.54, 1.807) is 35.0 Å². The Kier molecular flexibility index (Phi) is 5.80. The van der Waals surface area contributed by atoms with Crippen LogP contribution in [0.2, 0.25) is 5.02 Å². The smallest absolute Gasteiger partial charge is 0.226 e. The second kappa shape index (κ2) is 8.83. The van der Waals surface area contributed by atoms with Gasteiger partial charge in [-0.1, -0.05) is 16.8 Å². The quantitative estimate of drug-likeness (QED) is 0.478. The molecule has 0 saturated carbocycles. The van der Waals surface area contributed by atoms with Crippen LogP contribution in [0.25, 0.3) is 17.1 Å². The number of aromatic nitrogens is 5. The molecule has 152 valence electrons. The third-order valence-electron chi connectivity index (χ3n) is 4.26. The molecule has 8 nitrogen and oxygen atoms in total. The van der Waals surface area contributed by atoms with Crippen molar-refractivity contribution in [1.82, 2.24) is 24.9 Å². The molecule has 0 spiro atoms. The number of nitrogens with one attached hydrogen (secondary N) is 1. The monoisotopic (exact) mass is 426 g/mol. The summed E-state index contributed by atoms with van der Waals surface area (Å²) in [7, 11) is 0. The van der Waals surface area contributed by atoms with Gasteiger partial charge in [0.25, 0.3) is 0 Å². The number of carbonyl (C=O) groups excluding carboxylic acids is 1. The first kappa shape index (κ1) is 19.7. The maximum Gasteiger partial charge on any atom is 0.226 e. The number of hydrogen-bond acceptors (Lipinski definition) is 6. The Hall–Kier alpha value is -3.59. The first-order valence-corrected chi connectivity index (χ1v) is 9.49. The van der Waals surface area contributed by atoms with E-state index in [1.165, 1.54) is 24.8 Å². The van der Waals surface area contributed by atoms with Crippen LogP contribution < -0.4 is 5.32 Å². The molecule has 10 heteroatoms. The Bertz CT molecular complexity index is 1140. The van der Waals surface area contributed by atoms with Crippen LogP contribution in [0.3, 0.4) is 0 Å². The number of benzene rings is 2. The van der Waals surface area contributed by atoms with E-state index >= 15 is 0 Å². The van der Waals surface area contributed by atoms with Crippen LogP contribution in [0.15, 0.2) is 59.6 Å².